The largest absolute Gasteiger partial charge is 0.348 e. The van der Waals surface area contributed by atoms with Gasteiger partial charge in [0.25, 0.3) is 0 Å². The third-order valence-corrected chi connectivity index (χ3v) is 1.51. The van der Waals surface area contributed by atoms with Gasteiger partial charge in [0, 0.05) is 25.5 Å². The third-order valence-electron chi connectivity index (χ3n) is 1.51. The summed E-state index contributed by atoms with van der Waals surface area (Å²) in [5, 5.41) is 8.33. The molecular formula is C9H11N3. The fourth-order valence-electron chi connectivity index (χ4n) is 0.958. The van der Waals surface area contributed by atoms with Crippen LogP contribution < -0.4 is 0 Å². The van der Waals surface area contributed by atoms with Gasteiger partial charge in [-0.25, -0.2) is 4.98 Å². The zero-order valence-electron chi connectivity index (χ0n) is 6.88. The van der Waals surface area contributed by atoms with E-state index in [0.717, 1.165) is 24.4 Å². The van der Waals surface area contributed by atoms with Gasteiger partial charge in [-0.15, -0.1) is 6.58 Å². The molecule has 0 radical (unpaired) electrons. The Morgan fingerprint density at radius 3 is 3.25 bits per heavy atom. The van der Waals surface area contributed by atoms with Crippen molar-refractivity contribution in [3.63, 3.8) is 0 Å². The summed E-state index contributed by atoms with van der Waals surface area (Å²) < 4.78 is 0. The molecule has 0 aliphatic heterocycles. The highest BCUT2D eigenvalue weighted by atomic mass is 14.9. The Morgan fingerprint density at radius 1 is 1.75 bits per heavy atom. The Morgan fingerprint density at radius 2 is 2.58 bits per heavy atom. The molecule has 0 saturated heterocycles. The van der Waals surface area contributed by atoms with E-state index >= 15 is 0 Å². The van der Waals surface area contributed by atoms with Crippen LogP contribution in [0.25, 0.3) is 0 Å². The van der Waals surface area contributed by atoms with Crippen LogP contribution in [0.15, 0.2) is 18.9 Å². The van der Waals surface area contributed by atoms with Crippen molar-refractivity contribution in [3.8, 4) is 6.07 Å². The molecule has 0 bridgehead atoms. The number of rotatable bonds is 4. The van der Waals surface area contributed by atoms with Gasteiger partial charge >= 0.3 is 0 Å². The minimum absolute atomic E-state index is 0.526. The maximum Gasteiger partial charge on any atom is 0.110 e. The predicted molar refractivity (Wildman–Crippen MR) is 46.4 cm³/mol. The maximum atomic E-state index is 8.33. The van der Waals surface area contributed by atoms with Crippen molar-refractivity contribution in [1.82, 2.24) is 9.97 Å². The summed E-state index contributed by atoms with van der Waals surface area (Å²) in [6, 6.07) is 2.08. The molecule has 0 spiro atoms. The van der Waals surface area contributed by atoms with Crippen LogP contribution in [0.4, 0.5) is 0 Å². The summed E-state index contributed by atoms with van der Waals surface area (Å²) in [6.07, 6.45) is 5.65. The second-order valence-electron chi connectivity index (χ2n) is 2.49. The molecule has 0 saturated carbocycles. The van der Waals surface area contributed by atoms with E-state index in [1.807, 2.05) is 6.20 Å². The topological polar surface area (TPSA) is 52.5 Å². The highest BCUT2D eigenvalue weighted by molar-refractivity contribution is 5.04. The predicted octanol–water partition coefficient (Wildman–Crippen LogP) is 1.59. The number of hydrogen-bond acceptors (Lipinski definition) is 2. The monoisotopic (exact) mass is 161 g/mol. The number of hydrogen-bond donors (Lipinski definition) is 1. The van der Waals surface area contributed by atoms with E-state index in [9.17, 15) is 0 Å². The summed E-state index contributed by atoms with van der Waals surface area (Å²) in [5.74, 6) is 0.915. The van der Waals surface area contributed by atoms with Crippen molar-refractivity contribution < 1.29 is 0 Å². The van der Waals surface area contributed by atoms with Gasteiger partial charge in [0.2, 0.25) is 0 Å². The van der Waals surface area contributed by atoms with Crippen molar-refractivity contribution >= 4 is 0 Å². The third kappa shape index (κ3) is 2.24. The smallest absolute Gasteiger partial charge is 0.110 e. The van der Waals surface area contributed by atoms with Crippen LogP contribution >= 0.6 is 0 Å². The lowest BCUT2D eigenvalue weighted by molar-refractivity contribution is 0.948. The lowest BCUT2D eigenvalue weighted by atomic mass is 10.3. The molecule has 0 amide bonds. The lowest BCUT2D eigenvalue weighted by Gasteiger charge is -1.86. The van der Waals surface area contributed by atoms with Gasteiger partial charge < -0.3 is 4.98 Å². The summed E-state index contributed by atoms with van der Waals surface area (Å²) in [5.41, 5.74) is 0.952. The Labute approximate surface area is 71.8 Å². The lowest BCUT2D eigenvalue weighted by Crippen LogP contribution is -1.86. The van der Waals surface area contributed by atoms with Crippen molar-refractivity contribution in [1.29, 1.82) is 5.26 Å². The van der Waals surface area contributed by atoms with Gasteiger partial charge in [-0.2, -0.15) is 5.26 Å². The molecule has 3 heteroatoms. The van der Waals surface area contributed by atoms with E-state index in [1.165, 1.54) is 0 Å². The standard InChI is InChI=1S/C9H11N3/c1-2-4-9-11-7-8(12-9)5-3-6-10/h2,7H,1,3-5H2,(H,11,12). The molecule has 0 atom stereocenters. The first-order valence-electron chi connectivity index (χ1n) is 3.88. The van der Waals surface area contributed by atoms with Crippen molar-refractivity contribution in [2.24, 2.45) is 0 Å². The fraction of sp³-hybridized carbons (Fsp3) is 0.333. The number of nitrogens with one attached hydrogen (secondary N) is 1. The van der Waals surface area contributed by atoms with E-state index in [4.69, 9.17) is 5.26 Å². The molecule has 0 aromatic carbocycles. The first-order chi connectivity index (χ1) is 5.86. The van der Waals surface area contributed by atoms with Gasteiger partial charge in [0.1, 0.15) is 5.82 Å². The van der Waals surface area contributed by atoms with E-state index in [0.29, 0.717) is 6.42 Å². The number of aromatic amines is 1. The summed E-state index contributed by atoms with van der Waals surface area (Å²) in [7, 11) is 0. The number of H-pyrrole nitrogens is 1. The minimum atomic E-state index is 0.526. The van der Waals surface area contributed by atoms with Crippen molar-refractivity contribution in [2.75, 3.05) is 0 Å². The van der Waals surface area contributed by atoms with Crippen molar-refractivity contribution in [2.45, 2.75) is 19.3 Å². The molecule has 1 aromatic rings. The molecule has 1 aromatic heterocycles. The van der Waals surface area contributed by atoms with Crippen LogP contribution in [-0.4, -0.2) is 9.97 Å². The highest BCUT2D eigenvalue weighted by Gasteiger charge is 1.98. The second kappa shape index (κ2) is 4.35. The maximum absolute atomic E-state index is 8.33. The Hall–Kier alpha value is -1.56. The van der Waals surface area contributed by atoms with Crippen LogP contribution in [0, 0.1) is 11.3 Å². The molecule has 1 rings (SSSR count). The van der Waals surface area contributed by atoms with Crippen LogP contribution in [-0.2, 0) is 12.8 Å². The van der Waals surface area contributed by atoms with Crippen LogP contribution in [0.1, 0.15) is 17.9 Å². The molecule has 0 unspecified atom stereocenters. The number of aryl methyl sites for hydroxylation is 1. The van der Waals surface area contributed by atoms with Gasteiger partial charge in [-0.1, -0.05) is 6.08 Å². The molecule has 62 valence electrons. The van der Waals surface area contributed by atoms with Gasteiger partial charge in [-0.05, 0) is 0 Å². The van der Waals surface area contributed by atoms with Gasteiger partial charge in [0.15, 0.2) is 0 Å². The molecule has 0 aliphatic carbocycles. The number of nitrogens with zero attached hydrogens (tertiary/aromatic N) is 2. The van der Waals surface area contributed by atoms with Crippen LogP contribution in [0.3, 0.4) is 0 Å². The molecule has 0 aliphatic rings. The second-order valence-corrected chi connectivity index (χ2v) is 2.49. The Kier molecular flexibility index (Phi) is 3.09. The summed E-state index contributed by atoms with van der Waals surface area (Å²) >= 11 is 0. The quantitative estimate of drug-likeness (QED) is 0.682. The zero-order valence-corrected chi connectivity index (χ0v) is 6.88. The Bertz CT molecular complexity index is 293. The van der Waals surface area contributed by atoms with E-state index in [1.54, 1.807) is 6.08 Å². The normalized spacial score (nSPS) is 9.25. The first-order valence-corrected chi connectivity index (χ1v) is 3.88. The highest BCUT2D eigenvalue weighted by Crippen LogP contribution is 2.00. The van der Waals surface area contributed by atoms with Crippen molar-refractivity contribution in [3.05, 3.63) is 30.4 Å². The number of allylic oxidation sites excluding steroid dienone is 1. The average Bonchev–Trinajstić information content (AvgIpc) is 2.50. The van der Waals surface area contributed by atoms with E-state index in [-0.39, 0.29) is 0 Å². The summed E-state index contributed by atoms with van der Waals surface area (Å²) in [4.78, 5) is 7.28. The molecule has 3 nitrogen and oxygen atoms in total. The fourth-order valence-corrected chi connectivity index (χ4v) is 0.958. The zero-order chi connectivity index (χ0) is 8.81. The average molecular weight is 161 g/mol. The molecule has 0 fully saturated rings. The summed E-state index contributed by atoms with van der Waals surface area (Å²) in [6.45, 7) is 3.62. The molecule has 1 heterocycles. The van der Waals surface area contributed by atoms with Gasteiger partial charge in [0.05, 0.1) is 11.8 Å². The van der Waals surface area contributed by atoms with E-state index < -0.39 is 0 Å². The van der Waals surface area contributed by atoms with E-state index in [2.05, 4.69) is 22.6 Å². The van der Waals surface area contributed by atoms with Crippen LogP contribution in [0.2, 0.25) is 0 Å². The van der Waals surface area contributed by atoms with Crippen LogP contribution in [0.5, 0.6) is 0 Å². The Balaban J connectivity index is 2.53. The number of imidazole rings is 1. The first kappa shape index (κ1) is 8.54. The molecular weight excluding hydrogens is 150 g/mol. The molecule has 12 heavy (non-hydrogen) atoms. The number of nitriles is 1. The van der Waals surface area contributed by atoms with Gasteiger partial charge in [-0.3, -0.25) is 0 Å². The molecule has 1 N–H and O–H groups in total. The number of aromatic nitrogens is 2. The SMILES string of the molecule is C=CCc1nc(CCC#N)c[nH]1. The minimum Gasteiger partial charge on any atom is -0.348 e.